The number of hydrogen-bond acceptors (Lipinski definition) is 1. The van der Waals surface area contributed by atoms with Crippen molar-refractivity contribution in [2.75, 3.05) is 0 Å². The Morgan fingerprint density at radius 1 is 1.27 bits per heavy atom. The second-order valence-electron chi connectivity index (χ2n) is 4.14. The Morgan fingerprint density at radius 3 is 2.27 bits per heavy atom. The monoisotopic (exact) mass is 208 g/mol. The van der Waals surface area contributed by atoms with Gasteiger partial charge >= 0.3 is 0 Å². The minimum absolute atomic E-state index is 0.919. The molecule has 1 saturated carbocycles. The molecule has 2 nitrogen and oxygen atoms in total. The number of aromatic nitrogens is 2. The lowest BCUT2D eigenvalue weighted by atomic mass is 10.2. The van der Waals surface area contributed by atoms with E-state index in [2.05, 4.69) is 30.6 Å². The zero-order chi connectivity index (χ0) is 11.4. The number of rotatable bonds is 3. The van der Waals surface area contributed by atoms with Gasteiger partial charge in [-0.3, -0.25) is 4.68 Å². The standard InChI is InChI=1S/C11H18N2.C2H6/c1-4-11-8(2)9(3)13(12-11)7-10-5-6-10;1-2/h10H,4-7H2,1-3H3;1-2H3. The van der Waals surface area contributed by atoms with Crippen LogP contribution in [0.15, 0.2) is 0 Å². The van der Waals surface area contributed by atoms with Gasteiger partial charge in [0.25, 0.3) is 0 Å². The summed E-state index contributed by atoms with van der Waals surface area (Å²) in [7, 11) is 0. The molecule has 1 aliphatic rings. The van der Waals surface area contributed by atoms with Gasteiger partial charge in [0.1, 0.15) is 0 Å². The van der Waals surface area contributed by atoms with Crippen molar-refractivity contribution in [3.63, 3.8) is 0 Å². The zero-order valence-corrected chi connectivity index (χ0v) is 10.8. The number of hydrogen-bond donors (Lipinski definition) is 0. The smallest absolute Gasteiger partial charge is 0.0653 e. The van der Waals surface area contributed by atoms with Crippen LogP contribution in [0, 0.1) is 19.8 Å². The van der Waals surface area contributed by atoms with Gasteiger partial charge in [0, 0.05) is 12.2 Å². The molecule has 1 fully saturated rings. The van der Waals surface area contributed by atoms with Crippen molar-refractivity contribution in [3.8, 4) is 0 Å². The summed E-state index contributed by atoms with van der Waals surface area (Å²) in [4.78, 5) is 0. The van der Waals surface area contributed by atoms with E-state index in [4.69, 9.17) is 0 Å². The summed E-state index contributed by atoms with van der Waals surface area (Å²) in [6, 6.07) is 0. The Bertz CT molecular complexity index is 309. The molecule has 15 heavy (non-hydrogen) atoms. The predicted molar refractivity (Wildman–Crippen MR) is 65.2 cm³/mol. The molecule has 0 spiro atoms. The van der Waals surface area contributed by atoms with Gasteiger partial charge in [0.05, 0.1) is 5.69 Å². The molecule has 86 valence electrons. The predicted octanol–water partition coefficient (Wildman–Crippen LogP) is 3.50. The van der Waals surface area contributed by atoms with Crippen LogP contribution in [0.25, 0.3) is 0 Å². The molecule has 0 saturated heterocycles. The minimum atomic E-state index is 0.919. The van der Waals surface area contributed by atoms with Crippen LogP contribution in [0.1, 0.15) is 50.6 Å². The molecule has 0 amide bonds. The molecule has 1 aromatic rings. The molecule has 1 aromatic heterocycles. The molecule has 2 rings (SSSR count). The molecular formula is C13H24N2. The van der Waals surface area contributed by atoms with E-state index in [1.54, 1.807) is 0 Å². The van der Waals surface area contributed by atoms with Gasteiger partial charge in [-0.25, -0.2) is 0 Å². The number of aryl methyl sites for hydroxylation is 1. The van der Waals surface area contributed by atoms with E-state index in [1.165, 1.54) is 29.8 Å². The fraction of sp³-hybridized carbons (Fsp3) is 0.769. The van der Waals surface area contributed by atoms with Crippen LogP contribution in [0.5, 0.6) is 0 Å². The third-order valence-electron chi connectivity index (χ3n) is 3.07. The van der Waals surface area contributed by atoms with E-state index < -0.39 is 0 Å². The zero-order valence-electron chi connectivity index (χ0n) is 10.8. The van der Waals surface area contributed by atoms with Crippen molar-refractivity contribution in [3.05, 3.63) is 17.0 Å². The fourth-order valence-corrected chi connectivity index (χ4v) is 1.76. The fourth-order valence-electron chi connectivity index (χ4n) is 1.76. The topological polar surface area (TPSA) is 17.8 Å². The van der Waals surface area contributed by atoms with Gasteiger partial charge in [0.15, 0.2) is 0 Å². The summed E-state index contributed by atoms with van der Waals surface area (Å²) in [6.07, 6.45) is 3.87. The first-order valence-corrected chi connectivity index (χ1v) is 6.25. The summed E-state index contributed by atoms with van der Waals surface area (Å²) in [6.45, 7) is 11.7. The molecule has 2 heteroatoms. The van der Waals surface area contributed by atoms with E-state index >= 15 is 0 Å². The maximum absolute atomic E-state index is 4.62. The van der Waals surface area contributed by atoms with Crippen molar-refractivity contribution in [1.29, 1.82) is 0 Å². The van der Waals surface area contributed by atoms with Crippen molar-refractivity contribution in [2.45, 2.75) is 60.4 Å². The molecular weight excluding hydrogens is 184 g/mol. The second-order valence-corrected chi connectivity index (χ2v) is 4.14. The minimum Gasteiger partial charge on any atom is -0.269 e. The maximum Gasteiger partial charge on any atom is 0.0653 e. The summed E-state index contributed by atoms with van der Waals surface area (Å²) in [5, 5.41) is 4.62. The first-order valence-electron chi connectivity index (χ1n) is 6.25. The highest BCUT2D eigenvalue weighted by molar-refractivity contribution is 5.23. The van der Waals surface area contributed by atoms with Crippen LogP contribution in [0.2, 0.25) is 0 Å². The highest BCUT2D eigenvalue weighted by Gasteiger charge is 2.23. The van der Waals surface area contributed by atoms with E-state index in [9.17, 15) is 0 Å². The molecule has 1 heterocycles. The lowest BCUT2D eigenvalue weighted by molar-refractivity contribution is 0.544. The molecule has 0 bridgehead atoms. The SMILES string of the molecule is CC.CCc1nn(CC2CC2)c(C)c1C. The Morgan fingerprint density at radius 2 is 1.87 bits per heavy atom. The van der Waals surface area contributed by atoms with E-state index in [1.807, 2.05) is 13.8 Å². The number of nitrogens with zero attached hydrogens (tertiary/aromatic N) is 2. The molecule has 1 aliphatic carbocycles. The Labute approximate surface area is 93.7 Å². The van der Waals surface area contributed by atoms with Gasteiger partial charge in [-0.1, -0.05) is 20.8 Å². The third-order valence-corrected chi connectivity index (χ3v) is 3.07. The molecule has 0 radical (unpaired) electrons. The highest BCUT2D eigenvalue weighted by Crippen LogP contribution is 2.31. The van der Waals surface area contributed by atoms with Crippen molar-refractivity contribution < 1.29 is 0 Å². The van der Waals surface area contributed by atoms with Crippen LogP contribution in [-0.2, 0) is 13.0 Å². The lowest BCUT2D eigenvalue weighted by Crippen LogP contribution is -2.04. The first-order chi connectivity index (χ1) is 7.22. The van der Waals surface area contributed by atoms with E-state index in [0.29, 0.717) is 0 Å². The van der Waals surface area contributed by atoms with E-state index in [-0.39, 0.29) is 0 Å². The summed E-state index contributed by atoms with van der Waals surface area (Å²) < 4.78 is 2.20. The van der Waals surface area contributed by atoms with Crippen LogP contribution in [0.4, 0.5) is 0 Å². The van der Waals surface area contributed by atoms with Crippen LogP contribution in [0.3, 0.4) is 0 Å². The first kappa shape index (κ1) is 12.3. The average Bonchev–Trinajstić information content (AvgIpc) is 3.04. The lowest BCUT2D eigenvalue weighted by Gasteiger charge is -2.01. The average molecular weight is 208 g/mol. The van der Waals surface area contributed by atoms with Gasteiger partial charge in [-0.2, -0.15) is 5.10 Å². The molecule has 0 atom stereocenters. The van der Waals surface area contributed by atoms with Crippen molar-refractivity contribution >= 4 is 0 Å². The van der Waals surface area contributed by atoms with Crippen LogP contribution >= 0.6 is 0 Å². The largest absolute Gasteiger partial charge is 0.269 e. The van der Waals surface area contributed by atoms with Gasteiger partial charge in [-0.15, -0.1) is 0 Å². The van der Waals surface area contributed by atoms with Gasteiger partial charge in [-0.05, 0) is 44.6 Å². The summed E-state index contributed by atoms with van der Waals surface area (Å²) in [5.74, 6) is 0.919. The molecule has 0 aliphatic heterocycles. The molecule has 0 N–H and O–H groups in total. The van der Waals surface area contributed by atoms with Crippen LogP contribution in [-0.4, -0.2) is 9.78 Å². The second kappa shape index (κ2) is 5.34. The van der Waals surface area contributed by atoms with Crippen LogP contribution < -0.4 is 0 Å². The Kier molecular flexibility index (Phi) is 4.37. The normalized spacial score (nSPS) is 14.7. The Balaban J connectivity index is 0.000000531. The van der Waals surface area contributed by atoms with Gasteiger partial charge in [0.2, 0.25) is 0 Å². The summed E-state index contributed by atoms with van der Waals surface area (Å²) >= 11 is 0. The summed E-state index contributed by atoms with van der Waals surface area (Å²) in [5.41, 5.74) is 4.03. The molecule has 0 unspecified atom stereocenters. The maximum atomic E-state index is 4.62. The van der Waals surface area contributed by atoms with Gasteiger partial charge < -0.3 is 0 Å². The highest BCUT2D eigenvalue weighted by atomic mass is 15.3. The van der Waals surface area contributed by atoms with Crippen molar-refractivity contribution in [2.24, 2.45) is 5.92 Å². The van der Waals surface area contributed by atoms with Crippen molar-refractivity contribution in [1.82, 2.24) is 9.78 Å². The molecule has 0 aromatic carbocycles. The Hall–Kier alpha value is -0.790. The third kappa shape index (κ3) is 2.83. The van der Waals surface area contributed by atoms with E-state index in [0.717, 1.165) is 18.9 Å². The quantitative estimate of drug-likeness (QED) is 0.743.